The number of nitrogens with one attached hydrogen (secondary N) is 1. The number of nitriles is 1. The fourth-order valence-corrected chi connectivity index (χ4v) is 3.20. The summed E-state index contributed by atoms with van der Waals surface area (Å²) in [4.78, 5) is 25.6. The average Bonchev–Trinajstić information content (AvgIpc) is 3.22. The smallest absolute Gasteiger partial charge is 0.233 e. The van der Waals surface area contributed by atoms with Crippen molar-refractivity contribution in [3.63, 3.8) is 0 Å². The van der Waals surface area contributed by atoms with Gasteiger partial charge in [0.25, 0.3) is 0 Å². The molecule has 3 aliphatic rings. The second-order valence-corrected chi connectivity index (χ2v) is 6.52. The van der Waals surface area contributed by atoms with Gasteiger partial charge in [0.2, 0.25) is 11.8 Å². The standard InChI is InChI=1S/C14H19N3O2/c1-14(2)10-11(14)13(19)17(12(10)18)6-5-9(7-15)16-8-3-4-8/h8-11,16H,3-6H2,1-2H3. The molecule has 3 fully saturated rings. The van der Waals surface area contributed by atoms with Crippen LogP contribution < -0.4 is 5.32 Å². The quantitative estimate of drug-likeness (QED) is 0.738. The maximum atomic E-state index is 12.1. The molecule has 3 unspecified atom stereocenters. The van der Waals surface area contributed by atoms with E-state index in [1.165, 1.54) is 4.90 Å². The molecule has 2 amide bonds. The van der Waals surface area contributed by atoms with Crippen LogP contribution in [0, 0.1) is 28.6 Å². The van der Waals surface area contributed by atoms with Crippen molar-refractivity contribution in [1.82, 2.24) is 10.2 Å². The highest BCUT2D eigenvalue weighted by Crippen LogP contribution is 2.63. The molecule has 102 valence electrons. The van der Waals surface area contributed by atoms with Crippen molar-refractivity contribution in [3.05, 3.63) is 0 Å². The van der Waals surface area contributed by atoms with Crippen molar-refractivity contribution < 1.29 is 9.59 Å². The molecule has 5 heteroatoms. The number of rotatable bonds is 5. The number of imide groups is 1. The lowest BCUT2D eigenvalue weighted by atomic mass is 10.1. The molecule has 3 atom stereocenters. The Morgan fingerprint density at radius 3 is 2.42 bits per heavy atom. The number of nitrogens with zero attached hydrogens (tertiary/aromatic N) is 2. The fraction of sp³-hybridized carbons (Fsp3) is 0.786. The van der Waals surface area contributed by atoms with Crippen LogP contribution in [0.2, 0.25) is 0 Å². The monoisotopic (exact) mass is 261 g/mol. The SMILES string of the molecule is CC1(C)C2C(=O)N(CCC(C#N)NC3CC3)C(=O)C21. The molecule has 0 aromatic heterocycles. The highest BCUT2D eigenvalue weighted by Gasteiger charge is 2.72. The molecule has 3 rings (SSSR count). The Balaban J connectivity index is 1.55. The Hall–Kier alpha value is -1.41. The molecule has 0 aromatic rings. The van der Waals surface area contributed by atoms with Crippen molar-refractivity contribution in [2.75, 3.05) is 6.54 Å². The number of carbonyl (C=O) groups is 2. The Morgan fingerprint density at radius 1 is 1.37 bits per heavy atom. The first-order valence-electron chi connectivity index (χ1n) is 6.97. The van der Waals surface area contributed by atoms with E-state index in [4.69, 9.17) is 5.26 Å². The summed E-state index contributed by atoms with van der Waals surface area (Å²) in [5.74, 6) is -0.305. The highest BCUT2D eigenvalue weighted by atomic mass is 16.2. The third kappa shape index (κ3) is 1.95. The van der Waals surface area contributed by atoms with Crippen molar-refractivity contribution in [3.8, 4) is 6.07 Å². The maximum Gasteiger partial charge on any atom is 0.233 e. The number of likely N-dealkylation sites (tertiary alicyclic amines) is 1. The van der Waals surface area contributed by atoms with E-state index in [1.54, 1.807) is 0 Å². The Bertz CT molecular complexity index is 452. The lowest BCUT2D eigenvalue weighted by Crippen LogP contribution is -2.40. The van der Waals surface area contributed by atoms with Gasteiger partial charge in [-0.3, -0.25) is 19.8 Å². The predicted molar refractivity (Wildman–Crippen MR) is 67.7 cm³/mol. The van der Waals surface area contributed by atoms with Crippen LogP contribution in [-0.4, -0.2) is 35.3 Å². The summed E-state index contributed by atoms with van der Waals surface area (Å²) in [7, 11) is 0. The van der Waals surface area contributed by atoms with E-state index >= 15 is 0 Å². The first-order chi connectivity index (χ1) is 8.96. The Kier molecular flexibility index (Phi) is 2.68. The molecule has 1 N–H and O–H groups in total. The summed E-state index contributed by atoms with van der Waals surface area (Å²) >= 11 is 0. The van der Waals surface area contributed by atoms with E-state index in [1.807, 2.05) is 13.8 Å². The summed E-state index contributed by atoms with van der Waals surface area (Å²) in [5.41, 5.74) is -0.147. The van der Waals surface area contributed by atoms with Crippen LogP contribution in [0.5, 0.6) is 0 Å². The minimum Gasteiger partial charge on any atom is -0.299 e. The van der Waals surface area contributed by atoms with Crippen LogP contribution in [0.1, 0.15) is 33.1 Å². The molecule has 0 spiro atoms. The van der Waals surface area contributed by atoms with Crippen LogP contribution in [0.15, 0.2) is 0 Å². The number of fused-ring (bicyclic) bond motifs is 1. The van der Waals surface area contributed by atoms with Gasteiger partial charge in [0.15, 0.2) is 0 Å². The molecule has 2 aliphatic carbocycles. The Morgan fingerprint density at radius 2 is 1.95 bits per heavy atom. The van der Waals surface area contributed by atoms with Crippen LogP contribution in [-0.2, 0) is 9.59 Å². The topological polar surface area (TPSA) is 73.2 Å². The molecule has 19 heavy (non-hydrogen) atoms. The predicted octanol–water partition coefficient (Wildman–Crippen LogP) is 0.662. The van der Waals surface area contributed by atoms with Crippen LogP contribution in [0.3, 0.4) is 0 Å². The minimum absolute atomic E-state index is 0.0388. The molecule has 1 saturated heterocycles. The molecule has 0 bridgehead atoms. The fourth-order valence-electron chi connectivity index (χ4n) is 3.20. The zero-order chi connectivity index (χ0) is 13.8. The summed E-state index contributed by atoms with van der Waals surface area (Å²) in [6.45, 7) is 4.32. The van der Waals surface area contributed by atoms with Crippen LogP contribution in [0.4, 0.5) is 0 Å². The van der Waals surface area contributed by atoms with Gasteiger partial charge in [-0.15, -0.1) is 0 Å². The van der Waals surface area contributed by atoms with Gasteiger partial charge >= 0.3 is 0 Å². The first-order valence-corrected chi connectivity index (χ1v) is 6.97. The van der Waals surface area contributed by atoms with Gasteiger partial charge < -0.3 is 0 Å². The highest BCUT2D eigenvalue weighted by molar-refractivity contribution is 6.10. The van der Waals surface area contributed by atoms with Gasteiger partial charge in [0.05, 0.1) is 23.9 Å². The molecule has 0 radical (unpaired) electrons. The van der Waals surface area contributed by atoms with Crippen molar-refractivity contribution in [2.24, 2.45) is 17.3 Å². The molecule has 0 aromatic carbocycles. The van der Waals surface area contributed by atoms with Crippen molar-refractivity contribution in [2.45, 2.75) is 45.2 Å². The van der Waals surface area contributed by atoms with Gasteiger partial charge in [-0.05, 0) is 24.7 Å². The molecule has 5 nitrogen and oxygen atoms in total. The second kappa shape index (κ2) is 4.04. The van der Waals surface area contributed by atoms with Gasteiger partial charge in [-0.2, -0.15) is 5.26 Å². The average molecular weight is 261 g/mol. The van der Waals surface area contributed by atoms with E-state index < -0.39 is 0 Å². The lowest BCUT2D eigenvalue weighted by molar-refractivity contribution is -0.143. The van der Waals surface area contributed by atoms with E-state index in [0.717, 1.165) is 12.8 Å². The summed E-state index contributed by atoms with van der Waals surface area (Å²) in [5, 5.41) is 12.3. The molecular formula is C14H19N3O2. The number of carbonyl (C=O) groups excluding carboxylic acids is 2. The largest absolute Gasteiger partial charge is 0.299 e. The van der Waals surface area contributed by atoms with Crippen LogP contribution in [0.25, 0.3) is 0 Å². The van der Waals surface area contributed by atoms with Crippen LogP contribution >= 0.6 is 0 Å². The van der Waals surface area contributed by atoms with Crippen molar-refractivity contribution >= 4 is 11.8 Å². The Labute approximate surface area is 112 Å². The van der Waals surface area contributed by atoms with Gasteiger partial charge in [-0.25, -0.2) is 0 Å². The zero-order valence-corrected chi connectivity index (χ0v) is 11.3. The van der Waals surface area contributed by atoms with E-state index in [2.05, 4.69) is 11.4 Å². The summed E-state index contributed by atoms with van der Waals surface area (Å²) in [6.07, 6.45) is 2.78. The normalized spacial score (nSPS) is 33.0. The van der Waals surface area contributed by atoms with E-state index in [-0.39, 0.29) is 35.1 Å². The molecular weight excluding hydrogens is 242 g/mol. The molecule has 1 aliphatic heterocycles. The molecule has 1 heterocycles. The number of hydrogen-bond acceptors (Lipinski definition) is 4. The first kappa shape index (κ1) is 12.6. The maximum absolute atomic E-state index is 12.1. The third-order valence-corrected chi connectivity index (χ3v) is 4.70. The summed E-state index contributed by atoms with van der Waals surface area (Å²) < 4.78 is 0. The van der Waals surface area contributed by atoms with Gasteiger partial charge in [-0.1, -0.05) is 13.8 Å². The second-order valence-electron chi connectivity index (χ2n) is 6.52. The minimum atomic E-state index is -0.252. The number of piperidine rings is 1. The van der Waals surface area contributed by atoms with E-state index in [0.29, 0.717) is 19.0 Å². The number of hydrogen-bond donors (Lipinski definition) is 1. The third-order valence-electron chi connectivity index (χ3n) is 4.70. The van der Waals surface area contributed by atoms with E-state index in [9.17, 15) is 9.59 Å². The number of amides is 2. The summed E-state index contributed by atoms with van der Waals surface area (Å²) in [6, 6.07) is 2.41. The van der Waals surface area contributed by atoms with Gasteiger partial charge in [0.1, 0.15) is 0 Å². The van der Waals surface area contributed by atoms with Gasteiger partial charge in [0, 0.05) is 12.6 Å². The zero-order valence-electron chi connectivity index (χ0n) is 11.3. The lowest BCUT2D eigenvalue weighted by Gasteiger charge is -2.21. The van der Waals surface area contributed by atoms with Crippen molar-refractivity contribution in [1.29, 1.82) is 5.26 Å². The molecule has 2 saturated carbocycles.